The Morgan fingerprint density at radius 2 is 1.46 bits per heavy atom. The van der Waals surface area contributed by atoms with Crippen LogP contribution in [0.4, 0.5) is 5.69 Å². The van der Waals surface area contributed by atoms with Crippen LogP contribution in [0.1, 0.15) is 98.0 Å². The van der Waals surface area contributed by atoms with Gasteiger partial charge < -0.3 is 38.1 Å². The number of carbonyl (C=O) groups is 1. The maximum absolute atomic E-state index is 14.5. The summed E-state index contributed by atoms with van der Waals surface area (Å²) < 4.78 is 72.4. The van der Waals surface area contributed by atoms with Gasteiger partial charge in [0.15, 0.2) is 0 Å². The lowest BCUT2D eigenvalue weighted by Crippen LogP contribution is -2.50. The molecule has 12 nitrogen and oxygen atoms in total. The topological polar surface area (TPSA) is 122 Å². The van der Waals surface area contributed by atoms with Crippen LogP contribution < -0.4 is 23.8 Å². The van der Waals surface area contributed by atoms with Gasteiger partial charge in [0.2, 0.25) is 10.0 Å². The van der Waals surface area contributed by atoms with Crippen molar-refractivity contribution in [1.82, 2.24) is 4.31 Å². The summed E-state index contributed by atoms with van der Waals surface area (Å²) in [7, 11) is 1.03. The molecule has 0 N–H and O–H groups in total. The number of hydrogen-bond donors (Lipinski definition) is 0. The number of nitrogens with zero attached hydrogens (tertiary/aromatic N) is 2. The molecule has 386 valence electrons. The van der Waals surface area contributed by atoms with Gasteiger partial charge in [-0.1, -0.05) is 54.1 Å². The van der Waals surface area contributed by atoms with Crippen LogP contribution in [-0.4, -0.2) is 89.9 Å². The van der Waals surface area contributed by atoms with Gasteiger partial charge >= 0.3 is 5.97 Å². The van der Waals surface area contributed by atoms with E-state index in [-0.39, 0.29) is 49.0 Å². The van der Waals surface area contributed by atoms with Gasteiger partial charge in [0, 0.05) is 43.2 Å². The first-order valence-electron chi connectivity index (χ1n) is 25.2. The lowest BCUT2D eigenvalue weighted by molar-refractivity contribution is -0.0654. The highest BCUT2D eigenvalue weighted by Gasteiger charge is 2.45. The van der Waals surface area contributed by atoms with E-state index in [1.54, 1.807) is 34.3 Å². The summed E-state index contributed by atoms with van der Waals surface area (Å²) in [5, 5.41) is -0.0924. The Kier molecular flexibility index (Phi) is 17.1. The van der Waals surface area contributed by atoms with Crippen LogP contribution in [0.25, 0.3) is 0 Å². The number of aryl methyl sites for hydroxylation is 1. The fourth-order valence-corrected chi connectivity index (χ4v) is 12.0. The van der Waals surface area contributed by atoms with Gasteiger partial charge in [0.1, 0.15) is 28.6 Å². The molecular weight excluding hydrogens is 952 g/mol. The van der Waals surface area contributed by atoms with Crippen molar-refractivity contribution in [1.29, 1.82) is 0 Å². The molecule has 5 atom stereocenters. The lowest BCUT2D eigenvalue weighted by atomic mass is 9.68. The molecule has 1 heterocycles. The standard InChI is InChI=1S/C58H71ClN2O10S/c1-40(72(63,64)61(33-41-10-19-48(65-5)20-11-41)34-42-12-21-49(66-6)22-13-42)36-68-30-28-54(69-37-43-14-23-50(67-7)24-15-43)51-25-16-46(51)35-60-38-58(29-8-9-44-31-47(59)18-26-52(44)58)39-70-55-27-17-45(32-53(55)60)56(62)71-57(2,3)4/h10-15,17-24,26-27,31-32,40,46,51,54H,8-9,16,25,28-30,33-39H2,1-7H3/t40-,46-,51+,54-,58-/m0/s1. The second-order valence-corrected chi connectivity index (χ2v) is 23.5. The average Bonchev–Trinajstić information content (AvgIpc) is 3.51. The smallest absolute Gasteiger partial charge is 0.338 e. The Morgan fingerprint density at radius 3 is 2.04 bits per heavy atom. The summed E-state index contributed by atoms with van der Waals surface area (Å²) in [5.74, 6) is 2.98. The molecule has 0 aromatic heterocycles. The van der Waals surface area contributed by atoms with Crippen molar-refractivity contribution in [3.8, 4) is 23.0 Å². The van der Waals surface area contributed by atoms with E-state index in [0.717, 1.165) is 77.5 Å². The second-order valence-electron chi connectivity index (χ2n) is 20.7. The first kappa shape index (κ1) is 53.0. The summed E-state index contributed by atoms with van der Waals surface area (Å²) in [6.07, 6.45) is 5.30. The van der Waals surface area contributed by atoms with Crippen LogP contribution in [0.5, 0.6) is 23.0 Å². The van der Waals surface area contributed by atoms with E-state index in [2.05, 4.69) is 17.0 Å². The van der Waals surface area contributed by atoms with Crippen LogP contribution in [0, 0.1) is 11.8 Å². The van der Waals surface area contributed by atoms with E-state index in [1.807, 2.05) is 112 Å². The fourth-order valence-electron chi connectivity index (χ4n) is 10.4. The van der Waals surface area contributed by atoms with Gasteiger partial charge in [-0.25, -0.2) is 13.2 Å². The van der Waals surface area contributed by atoms with Crippen molar-refractivity contribution in [2.45, 2.75) is 108 Å². The third-order valence-corrected chi connectivity index (χ3v) is 16.9. The quantitative estimate of drug-likeness (QED) is 0.0516. The fraction of sp³-hybridized carbons (Fsp3) is 0.466. The molecule has 1 aliphatic heterocycles. The molecule has 72 heavy (non-hydrogen) atoms. The molecule has 2 aliphatic carbocycles. The van der Waals surface area contributed by atoms with Gasteiger partial charge in [-0.3, -0.25) is 0 Å². The summed E-state index contributed by atoms with van der Waals surface area (Å²) in [6, 6.07) is 34.8. The van der Waals surface area contributed by atoms with Crippen molar-refractivity contribution in [2.75, 3.05) is 59.1 Å². The van der Waals surface area contributed by atoms with Crippen molar-refractivity contribution < 1.29 is 46.4 Å². The summed E-state index contributed by atoms with van der Waals surface area (Å²) in [4.78, 5) is 16.0. The minimum Gasteiger partial charge on any atom is -0.497 e. The van der Waals surface area contributed by atoms with Crippen LogP contribution in [-0.2, 0) is 55.8 Å². The number of esters is 1. The Balaban J connectivity index is 1.01. The molecule has 0 unspecified atom stereocenters. The highest BCUT2D eigenvalue weighted by molar-refractivity contribution is 7.89. The number of halogens is 1. The zero-order valence-corrected chi connectivity index (χ0v) is 44.4. The second kappa shape index (κ2) is 23.3. The summed E-state index contributed by atoms with van der Waals surface area (Å²) in [5.41, 5.74) is 5.66. The zero-order chi connectivity index (χ0) is 51.0. The third-order valence-electron chi connectivity index (χ3n) is 14.5. The number of anilines is 1. The molecule has 1 fully saturated rings. The predicted molar refractivity (Wildman–Crippen MR) is 282 cm³/mol. The average molecular weight is 1020 g/mol. The Labute approximate surface area is 431 Å². The van der Waals surface area contributed by atoms with Crippen LogP contribution >= 0.6 is 11.6 Å². The van der Waals surface area contributed by atoms with Gasteiger partial charge in [0.25, 0.3) is 0 Å². The maximum Gasteiger partial charge on any atom is 0.338 e. The molecule has 0 saturated heterocycles. The Bertz CT molecular complexity index is 2660. The van der Waals surface area contributed by atoms with Gasteiger partial charge in [-0.2, -0.15) is 4.31 Å². The van der Waals surface area contributed by atoms with Crippen molar-refractivity contribution in [3.05, 3.63) is 148 Å². The molecule has 1 saturated carbocycles. The van der Waals surface area contributed by atoms with Crippen molar-refractivity contribution in [2.24, 2.45) is 11.8 Å². The van der Waals surface area contributed by atoms with E-state index in [1.165, 1.54) is 15.4 Å². The number of fused-ring (bicyclic) bond motifs is 3. The largest absolute Gasteiger partial charge is 0.497 e. The number of benzene rings is 5. The molecule has 3 aliphatic rings. The highest BCUT2D eigenvalue weighted by Crippen LogP contribution is 2.47. The number of carbonyl (C=O) groups excluding carboxylic acids is 1. The monoisotopic (exact) mass is 1020 g/mol. The van der Waals surface area contributed by atoms with Gasteiger partial charge in [-0.05, 0) is 173 Å². The minimum atomic E-state index is -3.84. The first-order valence-corrected chi connectivity index (χ1v) is 27.1. The molecule has 0 radical (unpaired) electrons. The molecule has 8 rings (SSSR count). The Hall–Kier alpha value is -5.31. The van der Waals surface area contributed by atoms with Gasteiger partial charge in [0.05, 0.1) is 63.8 Å². The third kappa shape index (κ3) is 12.9. The maximum atomic E-state index is 14.5. The van der Waals surface area contributed by atoms with E-state index >= 15 is 0 Å². The molecule has 14 heteroatoms. The van der Waals surface area contributed by atoms with Crippen molar-refractivity contribution >= 4 is 33.3 Å². The molecule has 0 amide bonds. The number of ether oxygens (including phenoxy) is 7. The molecule has 0 bridgehead atoms. The lowest BCUT2D eigenvalue weighted by Gasteiger charge is -2.46. The van der Waals surface area contributed by atoms with Crippen LogP contribution in [0.2, 0.25) is 5.02 Å². The predicted octanol–water partition coefficient (Wildman–Crippen LogP) is 11.2. The SMILES string of the molecule is COc1ccc(CO[C@@H](CCOC[C@H](C)S(=O)(=O)N(Cc2ccc(OC)cc2)Cc2ccc(OC)cc2)[C@@H]2CC[C@H]2CN2C[C@@]3(CCCc4cc(Cl)ccc43)COc3ccc(C(=O)OC(C)(C)C)cc32)cc1. The Morgan fingerprint density at radius 1 is 0.833 bits per heavy atom. The summed E-state index contributed by atoms with van der Waals surface area (Å²) in [6.45, 7) is 10.4. The summed E-state index contributed by atoms with van der Waals surface area (Å²) >= 11 is 6.57. The number of hydrogen-bond acceptors (Lipinski definition) is 11. The number of methoxy groups -OCH3 is 3. The molecule has 5 aromatic carbocycles. The zero-order valence-electron chi connectivity index (χ0n) is 42.9. The molecule has 1 spiro atoms. The van der Waals surface area contributed by atoms with E-state index in [0.29, 0.717) is 49.8 Å². The molecule has 5 aromatic rings. The van der Waals surface area contributed by atoms with E-state index in [9.17, 15) is 13.2 Å². The first-order chi connectivity index (χ1) is 34.6. The highest BCUT2D eigenvalue weighted by atomic mass is 35.5. The molecular formula is C58H71ClN2O10S. The van der Waals surface area contributed by atoms with Crippen LogP contribution in [0.15, 0.2) is 109 Å². The van der Waals surface area contributed by atoms with E-state index < -0.39 is 20.9 Å². The van der Waals surface area contributed by atoms with Crippen molar-refractivity contribution in [3.63, 3.8) is 0 Å². The van der Waals surface area contributed by atoms with Gasteiger partial charge in [-0.15, -0.1) is 0 Å². The number of sulfonamides is 1. The normalized spacial score (nSPS) is 19.5. The van der Waals surface area contributed by atoms with Crippen LogP contribution in [0.3, 0.4) is 0 Å². The number of rotatable bonds is 21. The van der Waals surface area contributed by atoms with E-state index in [4.69, 9.17) is 44.8 Å². The minimum absolute atomic E-state index is 0.0165.